The molecule has 9 rings (SSSR count). The van der Waals surface area contributed by atoms with Crippen LogP contribution >= 0.6 is 0 Å². The van der Waals surface area contributed by atoms with Gasteiger partial charge in [0.15, 0.2) is 0 Å². The highest BCUT2D eigenvalue weighted by molar-refractivity contribution is 6.13. The Morgan fingerprint density at radius 2 is 1.00 bits per heavy atom. The van der Waals surface area contributed by atoms with E-state index in [9.17, 15) is 29.4 Å². The Hall–Kier alpha value is -8.24. The van der Waals surface area contributed by atoms with Crippen LogP contribution in [0.4, 0.5) is 17.1 Å². The summed E-state index contributed by atoms with van der Waals surface area (Å²) in [6.45, 7) is 0. The first-order chi connectivity index (χ1) is 28.7. The van der Waals surface area contributed by atoms with Crippen molar-refractivity contribution in [2.45, 2.75) is 6.04 Å². The number of rotatable bonds is 8. The van der Waals surface area contributed by atoms with E-state index in [1.807, 2.05) is 54.6 Å². The van der Waals surface area contributed by atoms with Crippen LogP contribution < -0.4 is 21.3 Å². The molecule has 0 saturated carbocycles. The number of phenolic OH excluding ortho intramolecular Hbond substituents is 2. The van der Waals surface area contributed by atoms with Gasteiger partial charge in [0.25, 0.3) is 23.6 Å². The zero-order valence-corrected chi connectivity index (χ0v) is 31.2. The normalized spacial score (nSPS) is 12.9. The van der Waals surface area contributed by atoms with Crippen molar-refractivity contribution in [3.63, 3.8) is 0 Å². The monoisotopic (exact) mass is 774 g/mol. The Bertz CT molecular complexity index is 3050. The molecule has 0 aromatic heterocycles. The average Bonchev–Trinajstić information content (AvgIpc) is 3.25. The van der Waals surface area contributed by atoms with E-state index < -0.39 is 17.9 Å². The van der Waals surface area contributed by atoms with Crippen LogP contribution in [0.1, 0.15) is 58.6 Å². The van der Waals surface area contributed by atoms with Crippen molar-refractivity contribution in [2.24, 2.45) is 0 Å². The lowest BCUT2D eigenvalue weighted by Crippen LogP contribution is -2.28. The summed E-state index contributed by atoms with van der Waals surface area (Å²) in [4.78, 5) is 53.6. The number of nitrogens with one attached hydrogen (secondary N) is 4. The molecule has 10 heteroatoms. The predicted molar refractivity (Wildman–Crippen MR) is 231 cm³/mol. The minimum Gasteiger partial charge on any atom is -0.507 e. The maximum absolute atomic E-state index is 13.8. The van der Waals surface area contributed by atoms with Crippen molar-refractivity contribution in [3.05, 3.63) is 191 Å². The number of aromatic hydroxyl groups is 2. The summed E-state index contributed by atoms with van der Waals surface area (Å²) in [7, 11) is 0. The predicted octanol–water partition coefficient (Wildman–Crippen LogP) is 9.81. The molecule has 1 atom stereocenters. The first kappa shape index (κ1) is 36.4. The summed E-state index contributed by atoms with van der Waals surface area (Å²) in [5.74, 6) is -1.99. The number of hydrogen-bond acceptors (Lipinski definition) is 6. The molecule has 59 heavy (non-hydrogen) atoms. The van der Waals surface area contributed by atoms with Crippen LogP contribution in [0.3, 0.4) is 0 Å². The van der Waals surface area contributed by atoms with Crippen LogP contribution in [-0.2, 0) is 0 Å². The van der Waals surface area contributed by atoms with E-state index in [0.717, 1.165) is 21.9 Å². The molecule has 0 bridgehead atoms. The third kappa shape index (κ3) is 7.18. The molecule has 0 spiro atoms. The summed E-state index contributed by atoms with van der Waals surface area (Å²) in [6, 6.07) is 43.3. The maximum atomic E-state index is 13.8. The molecule has 1 aliphatic rings. The van der Waals surface area contributed by atoms with Crippen molar-refractivity contribution < 1.29 is 29.4 Å². The van der Waals surface area contributed by atoms with E-state index >= 15 is 0 Å². The number of carbonyl (C=O) groups excluding carboxylic acids is 4. The number of phenols is 2. The molecule has 10 nitrogen and oxygen atoms in total. The van der Waals surface area contributed by atoms with Gasteiger partial charge in [0.1, 0.15) is 11.5 Å². The second-order valence-electron chi connectivity index (χ2n) is 14.2. The van der Waals surface area contributed by atoms with Crippen molar-refractivity contribution in [3.8, 4) is 11.5 Å². The number of carbonyl (C=O) groups is 4. The summed E-state index contributed by atoms with van der Waals surface area (Å²) in [6.07, 6.45) is 3.76. The summed E-state index contributed by atoms with van der Waals surface area (Å²) < 4.78 is 0. The van der Waals surface area contributed by atoms with Gasteiger partial charge in [-0.15, -0.1) is 0 Å². The molecule has 8 aromatic rings. The third-order valence-corrected chi connectivity index (χ3v) is 10.4. The van der Waals surface area contributed by atoms with Gasteiger partial charge in [-0.3, -0.25) is 19.2 Å². The quantitative estimate of drug-likeness (QED) is 0.0903. The molecule has 0 radical (unpaired) electrons. The fraction of sp³-hybridized carbons (Fsp3) is 0.0204. The molecule has 1 unspecified atom stereocenters. The smallest absolute Gasteiger partial charge is 0.259 e. The van der Waals surface area contributed by atoms with Crippen molar-refractivity contribution in [2.75, 3.05) is 16.0 Å². The lowest BCUT2D eigenvalue weighted by Gasteiger charge is -2.24. The topological polar surface area (TPSA) is 157 Å². The summed E-state index contributed by atoms with van der Waals surface area (Å²) in [5.41, 5.74) is 4.29. The maximum Gasteiger partial charge on any atom is 0.259 e. The zero-order valence-electron chi connectivity index (χ0n) is 31.2. The minimum absolute atomic E-state index is 0.0794. The number of hydrogen-bond donors (Lipinski definition) is 6. The van der Waals surface area contributed by atoms with Gasteiger partial charge in [0.2, 0.25) is 0 Å². The highest BCUT2D eigenvalue weighted by atomic mass is 16.3. The summed E-state index contributed by atoms with van der Waals surface area (Å²) >= 11 is 0. The van der Waals surface area contributed by atoms with Gasteiger partial charge in [0.05, 0.1) is 17.2 Å². The van der Waals surface area contributed by atoms with Crippen molar-refractivity contribution in [1.29, 1.82) is 0 Å². The molecule has 286 valence electrons. The van der Waals surface area contributed by atoms with E-state index in [-0.39, 0.29) is 34.4 Å². The molecular formula is C49H34N4O6. The molecule has 6 N–H and O–H groups in total. The molecule has 1 aliphatic carbocycles. The van der Waals surface area contributed by atoms with Crippen LogP contribution in [0.25, 0.3) is 38.4 Å². The fourth-order valence-electron chi connectivity index (χ4n) is 7.48. The fourth-order valence-corrected chi connectivity index (χ4v) is 7.48. The number of fused-ring (bicyclic) bond motifs is 2. The molecule has 4 amide bonds. The Morgan fingerprint density at radius 1 is 0.458 bits per heavy atom. The number of anilines is 3. The highest BCUT2D eigenvalue weighted by Crippen LogP contribution is 2.38. The van der Waals surface area contributed by atoms with Gasteiger partial charge < -0.3 is 31.5 Å². The van der Waals surface area contributed by atoms with Crippen LogP contribution in [0, 0.1) is 0 Å². The SMILES string of the molecule is O=C(Nc1ccc2cccc3c2c1C=CC3NC(=O)c1ccc2cc(O)c(C(=O)Nc3ccccc3)cc2c1)c1ccc2cc(O)c(C(=O)Nc3ccccc3)cc2c1. The standard InChI is InChI=1S/C49H34N4O6/c54-43-26-29-14-16-31(22-33(29)24-39(43)48(58)50-35-9-3-1-4-10-35)46(56)52-41-20-18-28-8-7-13-37-42(21-19-38(41)45(28)37)53-47(57)32-17-15-30-27-44(55)40(25-34(30)23-32)49(59)51-36-11-5-2-6-12-36/h1-27,42,54-55H,(H,50,58)(H,51,59)(H,52,56)(H,53,57). The van der Waals surface area contributed by atoms with E-state index in [0.29, 0.717) is 49.7 Å². The lowest BCUT2D eigenvalue weighted by molar-refractivity contribution is 0.0942. The Kier molecular flexibility index (Phi) is 9.26. The largest absolute Gasteiger partial charge is 0.507 e. The minimum atomic E-state index is -0.488. The molecule has 8 aromatic carbocycles. The van der Waals surface area contributed by atoms with Gasteiger partial charge in [0, 0.05) is 33.8 Å². The van der Waals surface area contributed by atoms with Gasteiger partial charge in [-0.25, -0.2) is 0 Å². The second kappa shape index (κ2) is 15.0. The zero-order chi connectivity index (χ0) is 40.6. The van der Waals surface area contributed by atoms with Crippen LogP contribution in [0.5, 0.6) is 11.5 Å². The molecule has 0 fully saturated rings. The Labute approximate surface area is 337 Å². The lowest BCUT2D eigenvalue weighted by atomic mass is 9.89. The van der Waals surface area contributed by atoms with E-state index in [4.69, 9.17) is 0 Å². The van der Waals surface area contributed by atoms with Crippen LogP contribution in [-0.4, -0.2) is 33.8 Å². The number of amides is 4. The average molecular weight is 775 g/mol. The van der Waals surface area contributed by atoms with E-state index in [1.165, 1.54) is 12.1 Å². The van der Waals surface area contributed by atoms with Gasteiger partial charge >= 0.3 is 0 Å². The van der Waals surface area contributed by atoms with Crippen molar-refractivity contribution >= 4 is 79.1 Å². The van der Waals surface area contributed by atoms with Gasteiger partial charge in [-0.1, -0.05) is 84.9 Å². The first-order valence-corrected chi connectivity index (χ1v) is 18.8. The Balaban J connectivity index is 0.948. The van der Waals surface area contributed by atoms with E-state index in [2.05, 4.69) is 21.3 Å². The highest BCUT2D eigenvalue weighted by Gasteiger charge is 2.23. The Morgan fingerprint density at radius 3 is 1.58 bits per heavy atom. The van der Waals surface area contributed by atoms with Crippen LogP contribution in [0.2, 0.25) is 0 Å². The molecule has 0 saturated heterocycles. The second-order valence-corrected chi connectivity index (χ2v) is 14.2. The molecule has 0 aliphatic heterocycles. The third-order valence-electron chi connectivity index (χ3n) is 10.4. The van der Waals surface area contributed by atoms with Gasteiger partial charge in [-0.2, -0.15) is 0 Å². The summed E-state index contributed by atoms with van der Waals surface area (Å²) in [5, 5.41) is 37.4. The van der Waals surface area contributed by atoms with Gasteiger partial charge in [-0.05, 0) is 117 Å². The molecular weight excluding hydrogens is 741 g/mol. The first-order valence-electron chi connectivity index (χ1n) is 18.8. The van der Waals surface area contributed by atoms with Crippen LogP contribution in [0.15, 0.2) is 158 Å². The number of benzene rings is 8. The van der Waals surface area contributed by atoms with Crippen molar-refractivity contribution in [1.82, 2.24) is 5.32 Å². The number of para-hydroxylation sites is 2. The molecule has 0 heterocycles. The van der Waals surface area contributed by atoms with E-state index in [1.54, 1.807) is 97.1 Å².